The van der Waals surface area contributed by atoms with Gasteiger partial charge in [0.05, 0.1) is 11.6 Å². The van der Waals surface area contributed by atoms with Crippen molar-refractivity contribution in [2.45, 2.75) is 13.5 Å². The number of aromatic hydroxyl groups is 1. The number of carbonyl (C=O) groups excluding carboxylic acids is 2. The fourth-order valence-corrected chi connectivity index (χ4v) is 2.04. The third kappa shape index (κ3) is 4.69. The molecular weight excluding hydrogens is 322 g/mol. The normalized spacial score (nSPS) is 10.8. The van der Waals surface area contributed by atoms with E-state index in [4.69, 9.17) is 10.00 Å². The maximum Gasteiger partial charge on any atom is 0.224 e. The van der Waals surface area contributed by atoms with Gasteiger partial charge in [0.15, 0.2) is 5.78 Å². The van der Waals surface area contributed by atoms with Crippen LogP contribution < -0.4 is 4.74 Å². The lowest BCUT2D eigenvalue weighted by atomic mass is 10.1. The number of ketones is 2. The molecular formula is C19H15NO5. The van der Waals surface area contributed by atoms with E-state index < -0.39 is 17.3 Å². The minimum atomic E-state index is -0.855. The van der Waals surface area contributed by atoms with E-state index in [1.807, 2.05) is 0 Å². The van der Waals surface area contributed by atoms with Crippen LogP contribution in [-0.2, 0) is 16.2 Å². The van der Waals surface area contributed by atoms with Gasteiger partial charge in [-0.25, -0.2) is 0 Å². The van der Waals surface area contributed by atoms with Gasteiger partial charge in [0.2, 0.25) is 5.78 Å². The lowest BCUT2D eigenvalue weighted by Crippen LogP contribution is -2.06. The Morgan fingerprint density at radius 1 is 1.24 bits per heavy atom. The predicted octanol–water partition coefficient (Wildman–Crippen LogP) is 2.90. The molecule has 0 atom stereocenters. The van der Waals surface area contributed by atoms with Crippen LogP contribution in [0.3, 0.4) is 0 Å². The molecule has 0 bridgehead atoms. The number of phenols is 1. The third-order valence-corrected chi connectivity index (χ3v) is 3.33. The number of hydrogen-bond donors (Lipinski definition) is 2. The summed E-state index contributed by atoms with van der Waals surface area (Å²) in [6, 6.07) is 12.9. The molecule has 0 aromatic heterocycles. The average molecular weight is 337 g/mol. The van der Waals surface area contributed by atoms with E-state index in [1.54, 1.807) is 24.3 Å². The fourth-order valence-electron chi connectivity index (χ4n) is 2.04. The Morgan fingerprint density at radius 2 is 1.96 bits per heavy atom. The van der Waals surface area contributed by atoms with E-state index in [0.29, 0.717) is 11.1 Å². The number of rotatable bonds is 6. The first-order valence-corrected chi connectivity index (χ1v) is 7.31. The second kappa shape index (κ2) is 7.79. The first-order valence-electron chi connectivity index (χ1n) is 7.31. The summed E-state index contributed by atoms with van der Waals surface area (Å²) in [5.41, 5.74) is 1.26. The van der Waals surface area contributed by atoms with Crippen molar-refractivity contribution in [1.29, 1.82) is 5.26 Å². The van der Waals surface area contributed by atoms with Crippen molar-refractivity contribution in [2.75, 3.05) is 0 Å². The SMILES string of the molecule is CC(=O)C(=O)/C=C(\O)c1cc(O)cc(OCc2ccccc2C#N)c1. The first kappa shape index (κ1) is 17.8. The van der Waals surface area contributed by atoms with Gasteiger partial charge in [-0.2, -0.15) is 5.26 Å². The molecule has 0 aliphatic rings. The average Bonchev–Trinajstić information content (AvgIpc) is 2.59. The van der Waals surface area contributed by atoms with Crippen molar-refractivity contribution in [3.05, 3.63) is 65.2 Å². The molecule has 6 heteroatoms. The number of Topliss-reactive ketones (excluding diaryl/α,β-unsaturated/α-hetero) is 1. The fraction of sp³-hybridized carbons (Fsp3) is 0.105. The van der Waals surface area contributed by atoms with Gasteiger partial charge in [-0.1, -0.05) is 18.2 Å². The molecule has 2 N–H and O–H groups in total. The first-order chi connectivity index (χ1) is 11.9. The third-order valence-electron chi connectivity index (χ3n) is 3.33. The Hall–Kier alpha value is -3.59. The maximum absolute atomic E-state index is 11.4. The molecule has 0 unspecified atom stereocenters. The lowest BCUT2D eigenvalue weighted by Gasteiger charge is -2.10. The zero-order valence-corrected chi connectivity index (χ0v) is 13.4. The molecule has 0 saturated carbocycles. The van der Waals surface area contributed by atoms with Crippen LogP contribution in [0.5, 0.6) is 11.5 Å². The Morgan fingerprint density at radius 3 is 2.64 bits per heavy atom. The van der Waals surface area contributed by atoms with Gasteiger partial charge >= 0.3 is 0 Å². The monoisotopic (exact) mass is 337 g/mol. The molecule has 25 heavy (non-hydrogen) atoms. The van der Waals surface area contributed by atoms with Crippen LogP contribution in [0.4, 0.5) is 0 Å². The van der Waals surface area contributed by atoms with Gasteiger partial charge in [0.1, 0.15) is 23.9 Å². The predicted molar refractivity (Wildman–Crippen MR) is 89.9 cm³/mol. The Labute approximate surface area is 144 Å². The van der Waals surface area contributed by atoms with Gasteiger partial charge in [-0.05, 0) is 18.2 Å². The summed E-state index contributed by atoms with van der Waals surface area (Å²) in [5.74, 6) is -1.98. The smallest absolute Gasteiger partial charge is 0.224 e. The van der Waals surface area contributed by atoms with Crippen LogP contribution in [0, 0.1) is 11.3 Å². The molecule has 0 amide bonds. The van der Waals surface area contributed by atoms with Gasteiger partial charge in [0.25, 0.3) is 0 Å². The molecule has 0 spiro atoms. The van der Waals surface area contributed by atoms with Crippen LogP contribution in [-0.4, -0.2) is 21.8 Å². The van der Waals surface area contributed by atoms with Crippen LogP contribution in [0.1, 0.15) is 23.6 Å². The van der Waals surface area contributed by atoms with Crippen LogP contribution in [0.25, 0.3) is 5.76 Å². The number of allylic oxidation sites excluding steroid dienone is 1. The highest BCUT2D eigenvalue weighted by atomic mass is 16.5. The molecule has 0 heterocycles. The van der Waals surface area contributed by atoms with E-state index in [9.17, 15) is 19.8 Å². The minimum Gasteiger partial charge on any atom is -0.508 e. The maximum atomic E-state index is 11.4. The number of carbonyl (C=O) groups is 2. The summed E-state index contributed by atoms with van der Waals surface area (Å²) in [7, 11) is 0. The second-order valence-electron chi connectivity index (χ2n) is 5.22. The van der Waals surface area contributed by atoms with Crippen molar-refractivity contribution in [2.24, 2.45) is 0 Å². The summed E-state index contributed by atoms with van der Waals surface area (Å²) >= 11 is 0. The van der Waals surface area contributed by atoms with E-state index in [1.165, 1.54) is 18.2 Å². The Bertz CT molecular complexity index is 893. The molecule has 2 rings (SSSR count). The van der Waals surface area contributed by atoms with Crippen LogP contribution in [0.15, 0.2) is 48.5 Å². The molecule has 0 saturated heterocycles. The highest BCUT2D eigenvalue weighted by Crippen LogP contribution is 2.26. The van der Waals surface area contributed by atoms with Crippen molar-refractivity contribution in [3.8, 4) is 17.6 Å². The summed E-state index contributed by atoms with van der Waals surface area (Å²) in [4.78, 5) is 22.3. The molecule has 2 aromatic rings. The number of nitriles is 1. The number of ether oxygens (including phenoxy) is 1. The quantitative estimate of drug-likeness (QED) is 0.477. The van der Waals surface area contributed by atoms with E-state index in [0.717, 1.165) is 13.0 Å². The van der Waals surface area contributed by atoms with Crippen molar-refractivity contribution < 1.29 is 24.5 Å². The molecule has 0 aliphatic carbocycles. The Kier molecular flexibility index (Phi) is 5.54. The van der Waals surface area contributed by atoms with Crippen molar-refractivity contribution in [1.82, 2.24) is 0 Å². The highest BCUT2D eigenvalue weighted by Gasteiger charge is 2.10. The molecule has 6 nitrogen and oxygen atoms in total. The number of aliphatic hydroxyl groups excluding tert-OH is 1. The summed E-state index contributed by atoms with van der Waals surface area (Å²) in [6.07, 6.45) is 0.784. The van der Waals surface area contributed by atoms with Crippen molar-refractivity contribution in [3.63, 3.8) is 0 Å². The minimum absolute atomic E-state index is 0.0868. The number of hydrogen-bond acceptors (Lipinski definition) is 6. The number of benzene rings is 2. The number of nitrogens with zero attached hydrogens (tertiary/aromatic N) is 1. The van der Waals surface area contributed by atoms with Gasteiger partial charge in [0, 0.05) is 30.2 Å². The van der Waals surface area contributed by atoms with Gasteiger partial charge < -0.3 is 14.9 Å². The van der Waals surface area contributed by atoms with Gasteiger partial charge in [-0.3, -0.25) is 9.59 Å². The van der Waals surface area contributed by atoms with E-state index in [-0.39, 0.29) is 23.7 Å². The molecule has 0 fully saturated rings. The molecule has 2 aromatic carbocycles. The van der Waals surface area contributed by atoms with E-state index >= 15 is 0 Å². The number of phenolic OH excluding ortho intramolecular Hbond substituents is 1. The van der Waals surface area contributed by atoms with E-state index in [2.05, 4.69) is 6.07 Å². The zero-order chi connectivity index (χ0) is 18.4. The Balaban J connectivity index is 2.23. The van der Waals surface area contributed by atoms with Crippen molar-refractivity contribution >= 4 is 17.3 Å². The number of aliphatic hydroxyl groups is 1. The van der Waals surface area contributed by atoms with Crippen LogP contribution >= 0.6 is 0 Å². The lowest BCUT2D eigenvalue weighted by molar-refractivity contribution is -0.132. The standard InChI is InChI=1S/C19H15NO5/c1-12(21)18(23)9-19(24)15-6-16(22)8-17(7-15)25-11-14-5-3-2-4-13(14)10-20/h2-9,22,24H,11H2,1H3/b19-9-. The molecule has 126 valence electrons. The zero-order valence-electron chi connectivity index (χ0n) is 13.4. The summed E-state index contributed by atoms with van der Waals surface area (Å²) in [6.45, 7) is 1.18. The molecule has 0 radical (unpaired) electrons. The van der Waals surface area contributed by atoms with Crippen LogP contribution in [0.2, 0.25) is 0 Å². The van der Waals surface area contributed by atoms with Gasteiger partial charge in [-0.15, -0.1) is 0 Å². The second-order valence-corrected chi connectivity index (χ2v) is 5.22. The molecule has 0 aliphatic heterocycles. The topological polar surface area (TPSA) is 108 Å². The summed E-state index contributed by atoms with van der Waals surface area (Å²) < 4.78 is 5.56. The summed E-state index contributed by atoms with van der Waals surface area (Å²) in [5, 5.41) is 28.8. The highest BCUT2D eigenvalue weighted by molar-refractivity contribution is 6.41. The largest absolute Gasteiger partial charge is 0.508 e.